The number of H-pyrrole nitrogens is 1. The van der Waals surface area contributed by atoms with E-state index < -0.39 is 5.97 Å². The van der Waals surface area contributed by atoms with Crippen LogP contribution in [0.1, 0.15) is 34.2 Å². The van der Waals surface area contributed by atoms with Crippen LogP contribution in [0.4, 0.5) is 0 Å². The summed E-state index contributed by atoms with van der Waals surface area (Å²) in [6.45, 7) is 8.14. The molecule has 0 aliphatic heterocycles. The number of rotatable bonds is 3. The quantitative estimate of drug-likeness (QED) is 0.860. The Morgan fingerprint density at radius 3 is 2.47 bits per heavy atom. The fourth-order valence-corrected chi connectivity index (χ4v) is 2.20. The minimum Gasteiger partial charge on any atom is -0.460 e. The summed E-state index contributed by atoms with van der Waals surface area (Å²) in [6, 6.07) is 4.14. The molecule has 1 aromatic carbocycles. The highest BCUT2D eigenvalue weighted by atomic mass is 16.5. The average molecular weight is 259 g/mol. The van der Waals surface area contributed by atoms with Gasteiger partial charge in [-0.25, -0.2) is 9.78 Å². The van der Waals surface area contributed by atoms with Gasteiger partial charge in [-0.15, -0.1) is 0 Å². The van der Waals surface area contributed by atoms with Crippen molar-refractivity contribution in [1.29, 1.82) is 0 Å². The van der Waals surface area contributed by atoms with Gasteiger partial charge in [0.2, 0.25) is 5.82 Å². The zero-order valence-corrected chi connectivity index (χ0v) is 11.6. The van der Waals surface area contributed by atoms with E-state index >= 15 is 0 Å². The Morgan fingerprint density at radius 1 is 1.26 bits per heavy atom. The van der Waals surface area contributed by atoms with Gasteiger partial charge in [0.15, 0.2) is 5.82 Å². The van der Waals surface area contributed by atoms with Crippen LogP contribution in [0.15, 0.2) is 12.1 Å². The summed E-state index contributed by atoms with van der Waals surface area (Å²) in [5.74, 6) is 0.179. The van der Waals surface area contributed by atoms with Crippen molar-refractivity contribution in [3.05, 3.63) is 34.6 Å². The van der Waals surface area contributed by atoms with E-state index in [2.05, 4.69) is 27.3 Å². The minimum absolute atomic E-state index is 0.135. The molecular formula is C14H17N3O2. The molecule has 1 aromatic heterocycles. The number of nitrogens with zero attached hydrogens (tertiary/aromatic N) is 2. The number of esters is 1. The highest BCUT2D eigenvalue weighted by Gasteiger charge is 2.16. The van der Waals surface area contributed by atoms with E-state index in [1.165, 1.54) is 5.56 Å². The Hall–Kier alpha value is -2.17. The molecule has 0 bridgehead atoms. The van der Waals surface area contributed by atoms with Crippen LogP contribution in [0.5, 0.6) is 0 Å². The van der Waals surface area contributed by atoms with Crippen molar-refractivity contribution in [2.24, 2.45) is 0 Å². The van der Waals surface area contributed by atoms with E-state index in [-0.39, 0.29) is 5.82 Å². The molecule has 2 aromatic rings. The van der Waals surface area contributed by atoms with Gasteiger partial charge >= 0.3 is 5.97 Å². The topological polar surface area (TPSA) is 67.9 Å². The number of aromatic amines is 1. The Balaban J connectivity index is 2.41. The zero-order valence-electron chi connectivity index (χ0n) is 11.6. The first kappa shape index (κ1) is 13.3. The molecular weight excluding hydrogens is 242 g/mol. The van der Waals surface area contributed by atoms with Crippen LogP contribution in [-0.2, 0) is 4.74 Å². The van der Waals surface area contributed by atoms with Crippen molar-refractivity contribution >= 4 is 5.97 Å². The second kappa shape index (κ2) is 5.22. The largest absolute Gasteiger partial charge is 0.460 e. The standard InChI is InChI=1S/C14H17N3O2/c1-5-19-14(18)13-15-12(16-17-13)11-9(3)6-8(2)7-10(11)4/h6-7H,5H2,1-4H3,(H,15,16,17). The highest BCUT2D eigenvalue weighted by Crippen LogP contribution is 2.25. The second-order valence-electron chi connectivity index (χ2n) is 4.50. The lowest BCUT2D eigenvalue weighted by atomic mass is 9.99. The van der Waals surface area contributed by atoms with Crippen molar-refractivity contribution in [2.75, 3.05) is 6.61 Å². The zero-order chi connectivity index (χ0) is 14.0. The predicted molar refractivity (Wildman–Crippen MR) is 72.0 cm³/mol. The average Bonchev–Trinajstić information content (AvgIpc) is 2.77. The van der Waals surface area contributed by atoms with Gasteiger partial charge in [0.25, 0.3) is 0 Å². The van der Waals surface area contributed by atoms with Crippen LogP contribution >= 0.6 is 0 Å². The van der Waals surface area contributed by atoms with E-state index in [0.29, 0.717) is 12.4 Å². The molecule has 0 aliphatic rings. The summed E-state index contributed by atoms with van der Waals surface area (Å²) in [4.78, 5) is 15.8. The van der Waals surface area contributed by atoms with Gasteiger partial charge < -0.3 is 4.74 Å². The van der Waals surface area contributed by atoms with Crippen LogP contribution in [0.2, 0.25) is 0 Å². The molecule has 0 saturated heterocycles. The number of hydrogen-bond donors (Lipinski definition) is 1. The maximum Gasteiger partial charge on any atom is 0.375 e. The van der Waals surface area contributed by atoms with Gasteiger partial charge in [0.1, 0.15) is 0 Å². The molecule has 0 radical (unpaired) electrons. The summed E-state index contributed by atoms with van der Waals surface area (Å²) in [5, 5.41) is 6.73. The van der Waals surface area contributed by atoms with Crippen LogP contribution < -0.4 is 0 Å². The number of nitrogens with one attached hydrogen (secondary N) is 1. The van der Waals surface area contributed by atoms with Gasteiger partial charge in [0.05, 0.1) is 6.61 Å². The van der Waals surface area contributed by atoms with Gasteiger partial charge in [0, 0.05) is 5.56 Å². The highest BCUT2D eigenvalue weighted by molar-refractivity contribution is 5.85. The van der Waals surface area contributed by atoms with E-state index in [0.717, 1.165) is 16.7 Å². The first-order chi connectivity index (χ1) is 9.02. The predicted octanol–water partition coefficient (Wildman–Crippen LogP) is 2.57. The molecule has 1 heterocycles. The van der Waals surface area contributed by atoms with Gasteiger partial charge in [-0.1, -0.05) is 17.7 Å². The summed E-state index contributed by atoms with van der Waals surface area (Å²) in [6.07, 6.45) is 0. The molecule has 0 atom stereocenters. The van der Waals surface area contributed by atoms with E-state index in [1.807, 2.05) is 20.8 Å². The molecule has 5 heteroatoms. The third kappa shape index (κ3) is 2.65. The van der Waals surface area contributed by atoms with Gasteiger partial charge in [-0.05, 0) is 38.8 Å². The third-order valence-corrected chi connectivity index (χ3v) is 2.85. The van der Waals surface area contributed by atoms with Crippen molar-refractivity contribution in [3.8, 4) is 11.4 Å². The summed E-state index contributed by atoms with van der Waals surface area (Å²) in [5.41, 5.74) is 4.33. The number of hydrogen-bond acceptors (Lipinski definition) is 4. The van der Waals surface area contributed by atoms with Crippen LogP contribution in [0, 0.1) is 20.8 Å². The van der Waals surface area contributed by atoms with Gasteiger partial charge in [-0.3, -0.25) is 5.10 Å². The molecule has 0 fully saturated rings. The SMILES string of the molecule is CCOC(=O)c1nc(-c2c(C)cc(C)cc2C)n[nH]1. The lowest BCUT2D eigenvalue weighted by Gasteiger charge is -2.07. The fraction of sp³-hybridized carbons (Fsp3) is 0.357. The maximum atomic E-state index is 11.6. The normalized spacial score (nSPS) is 10.5. The number of benzene rings is 1. The Bertz CT molecular complexity index is 594. The Morgan fingerprint density at radius 2 is 1.89 bits per heavy atom. The molecule has 2 rings (SSSR count). The molecule has 100 valence electrons. The third-order valence-electron chi connectivity index (χ3n) is 2.85. The number of aromatic nitrogens is 3. The number of carbonyl (C=O) groups excluding carboxylic acids is 1. The first-order valence-electron chi connectivity index (χ1n) is 6.20. The summed E-state index contributed by atoms with van der Waals surface area (Å²) >= 11 is 0. The summed E-state index contributed by atoms with van der Waals surface area (Å²) < 4.78 is 4.88. The lowest BCUT2D eigenvalue weighted by molar-refractivity contribution is 0.0512. The Labute approximate surface area is 112 Å². The number of ether oxygens (including phenoxy) is 1. The Kier molecular flexibility index (Phi) is 3.64. The molecule has 1 N–H and O–H groups in total. The minimum atomic E-state index is -0.483. The van der Waals surface area contributed by atoms with Crippen LogP contribution in [0.25, 0.3) is 11.4 Å². The van der Waals surface area contributed by atoms with Crippen LogP contribution in [-0.4, -0.2) is 27.8 Å². The van der Waals surface area contributed by atoms with Crippen molar-refractivity contribution in [1.82, 2.24) is 15.2 Å². The van der Waals surface area contributed by atoms with Crippen molar-refractivity contribution in [3.63, 3.8) is 0 Å². The van der Waals surface area contributed by atoms with Crippen molar-refractivity contribution < 1.29 is 9.53 Å². The smallest absolute Gasteiger partial charge is 0.375 e. The molecule has 0 spiro atoms. The molecule has 5 nitrogen and oxygen atoms in total. The molecule has 0 unspecified atom stereocenters. The van der Waals surface area contributed by atoms with Crippen molar-refractivity contribution in [2.45, 2.75) is 27.7 Å². The number of aryl methyl sites for hydroxylation is 3. The molecule has 0 saturated carbocycles. The number of carbonyl (C=O) groups is 1. The summed E-state index contributed by atoms with van der Waals surface area (Å²) in [7, 11) is 0. The molecule has 0 aliphatic carbocycles. The fourth-order valence-electron chi connectivity index (χ4n) is 2.20. The van der Waals surface area contributed by atoms with Gasteiger partial charge in [-0.2, -0.15) is 5.10 Å². The second-order valence-corrected chi connectivity index (χ2v) is 4.50. The van der Waals surface area contributed by atoms with E-state index in [9.17, 15) is 4.79 Å². The molecule has 19 heavy (non-hydrogen) atoms. The lowest BCUT2D eigenvalue weighted by Crippen LogP contribution is -2.06. The monoisotopic (exact) mass is 259 g/mol. The molecule has 0 amide bonds. The van der Waals surface area contributed by atoms with Crippen LogP contribution in [0.3, 0.4) is 0 Å². The first-order valence-corrected chi connectivity index (χ1v) is 6.20. The van der Waals surface area contributed by atoms with E-state index in [1.54, 1.807) is 6.92 Å². The maximum absolute atomic E-state index is 11.6. The van der Waals surface area contributed by atoms with E-state index in [4.69, 9.17) is 4.74 Å².